The second kappa shape index (κ2) is 6.70. The molecule has 1 N–H and O–H groups in total. The minimum absolute atomic E-state index is 0.0525. The van der Waals surface area contributed by atoms with Crippen LogP contribution >= 0.6 is 15.9 Å². The predicted molar refractivity (Wildman–Crippen MR) is 77.3 cm³/mol. The first kappa shape index (κ1) is 15.7. The Bertz CT molecular complexity index is 488. The summed E-state index contributed by atoms with van der Waals surface area (Å²) < 4.78 is 0.735. The van der Waals surface area contributed by atoms with Gasteiger partial charge in [-0.2, -0.15) is 0 Å². The highest BCUT2D eigenvalue weighted by molar-refractivity contribution is 9.10. The zero-order valence-electron chi connectivity index (χ0n) is 11.3. The number of carboxylic acid groups (broad SMARTS) is 1. The summed E-state index contributed by atoms with van der Waals surface area (Å²) in [7, 11) is 0. The molecule has 1 unspecified atom stereocenters. The molecule has 0 aliphatic heterocycles. The summed E-state index contributed by atoms with van der Waals surface area (Å²) in [4.78, 5) is 24.8. The summed E-state index contributed by atoms with van der Waals surface area (Å²) in [6.45, 7) is 6.02. The van der Waals surface area contributed by atoms with Crippen molar-refractivity contribution in [2.75, 3.05) is 6.54 Å². The molecule has 0 heterocycles. The number of carboxylic acids is 1. The lowest BCUT2D eigenvalue weighted by atomic mass is 10.1. The number of hydrogen-bond donors (Lipinski definition) is 1. The molecule has 0 aromatic heterocycles. The minimum Gasteiger partial charge on any atom is -0.481 e. The van der Waals surface area contributed by atoms with Gasteiger partial charge in [-0.1, -0.05) is 6.07 Å². The van der Waals surface area contributed by atoms with Crippen LogP contribution in [0.15, 0.2) is 22.7 Å². The number of benzene rings is 1. The Morgan fingerprint density at radius 3 is 2.53 bits per heavy atom. The fourth-order valence-corrected chi connectivity index (χ4v) is 2.63. The third-order valence-electron chi connectivity index (χ3n) is 2.96. The van der Waals surface area contributed by atoms with E-state index in [1.54, 1.807) is 17.9 Å². The van der Waals surface area contributed by atoms with Crippen molar-refractivity contribution in [3.8, 4) is 0 Å². The average Bonchev–Trinajstić information content (AvgIpc) is 2.28. The zero-order chi connectivity index (χ0) is 14.6. The van der Waals surface area contributed by atoms with Gasteiger partial charge < -0.3 is 10.0 Å². The second-order valence-corrected chi connectivity index (χ2v) is 5.38. The van der Waals surface area contributed by atoms with Gasteiger partial charge in [-0.25, -0.2) is 0 Å². The highest BCUT2D eigenvalue weighted by Gasteiger charge is 2.23. The van der Waals surface area contributed by atoms with E-state index in [0.29, 0.717) is 12.1 Å². The van der Waals surface area contributed by atoms with Crippen molar-refractivity contribution in [1.29, 1.82) is 0 Å². The molecule has 0 saturated heterocycles. The van der Waals surface area contributed by atoms with Gasteiger partial charge in [-0.05, 0) is 54.4 Å². The van der Waals surface area contributed by atoms with Gasteiger partial charge in [-0.3, -0.25) is 9.59 Å². The monoisotopic (exact) mass is 327 g/mol. The Hall–Kier alpha value is -1.36. The Balaban J connectivity index is 2.98. The maximum atomic E-state index is 12.4. The molecule has 0 radical (unpaired) electrons. The summed E-state index contributed by atoms with van der Waals surface area (Å²) in [5.74, 6) is -1.05. The minimum atomic E-state index is -0.901. The van der Waals surface area contributed by atoms with Gasteiger partial charge in [0.2, 0.25) is 0 Å². The van der Waals surface area contributed by atoms with Gasteiger partial charge in [-0.15, -0.1) is 0 Å². The zero-order valence-corrected chi connectivity index (χ0v) is 12.9. The molecule has 0 aliphatic carbocycles. The summed E-state index contributed by atoms with van der Waals surface area (Å²) >= 11 is 3.38. The fraction of sp³-hybridized carbons (Fsp3) is 0.429. The number of carbonyl (C=O) groups excluding carboxylic acids is 1. The van der Waals surface area contributed by atoms with Crippen LogP contribution < -0.4 is 0 Å². The molecule has 0 spiro atoms. The first-order valence-corrected chi connectivity index (χ1v) is 6.95. The van der Waals surface area contributed by atoms with Crippen LogP contribution in [-0.4, -0.2) is 34.5 Å². The third kappa shape index (κ3) is 4.06. The predicted octanol–water partition coefficient (Wildman–Crippen LogP) is 3.08. The number of rotatable bonds is 5. The normalized spacial score (nSPS) is 12.0. The third-order valence-corrected chi connectivity index (χ3v) is 3.61. The van der Waals surface area contributed by atoms with E-state index in [0.717, 1.165) is 10.0 Å². The molecule has 4 nitrogen and oxygen atoms in total. The van der Waals surface area contributed by atoms with Crippen LogP contribution in [0.3, 0.4) is 0 Å². The van der Waals surface area contributed by atoms with Crippen LogP contribution in [0, 0.1) is 6.92 Å². The van der Waals surface area contributed by atoms with Crippen molar-refractivity contribution >= 4 is 27.8 Å². The van der Waals surface area contributed by atoms with E-state index in [4.69, 9.17) is 5.11 Å². The SMILES string of the molecule is CCN(C(=O)c1ccc(C)cc1Br)C(C)CC(=O)O. The molecule has 1 atom stereocenters. The van der Waals surface area contributed by atoms with E-state index in [1.807, 2.05) is 26.0 Å². The van der Waals surface area contributed by atoms with Gasteiger partial charge in [0.05, 0.1) is 12.0 Å². The lowest BCUT2D eigenvalue weighted by Gasteiger charge is -2.27. The molecular formula is C14H18BrNO3. The van der Waals surface area contributed by atoms with Crippen molar-refractivity contribution < 1.29 is 14.7 Å². The molecule has 0 aliphatic rings. The van der Waals surface area contributed by atoms with Crippen LogP contribution in [0.1, 0.15) is 36.2 Å². The van der Waals surface area contributed by atoms with Crippen LogP contribution in [0.2, 0.25) is 0 Å². The van der Waals surface area contributed by atoms with Crippen molar-refractivity contribution in [1.82, 2.24) is 4.90 Å². The van der Waals surface area contributed by atoms with Crippen LogP contribution in [0.25, 0.3) is 0 Å². The lowest BCUT2D eigenvalue weighted by Crippen LogP contribution is -2.39. The smallest absolute Gasteiger partial charge is 0.305 e. The Labute approximate surface area is 121 Å². The quantitative estimate of drug-likeness (QED) is 0.904. The standard InChI is InChI=1S/C14H18BrNO3/c1-4-16(10(3)8-13(17)18)14(19)11-6-5-9(2)7-12(11)15/h5-7,10H,4,8H2,1-3H3,(H,17,18). The van der Waals surface area contributed by atoms with Crippen LogP contribution in [0.4, 0.5) is 0 Å². The second-order valence-electron chi connectivity index (χ2n) is 4.52. The van der Waals surface area contributed by atoms with Gasteiger partial charge in [0, 0.05) is 17.1 Å². The van der Waals surface area contributed by atoms with E-state index < -0.39 is 5.97 Å². The number of aryl methyl sites for hydroxylation is 1. The topological polar surface area (TPSA) is 57.6 Å². The average molecular weight is 328 g/mol. The number of hydrogen-bond acceptors (Lipinski definition) is 2. The van der Waals surface area contributed by atoms with Crippen molar-refractivity contribution in [2.24, 2.45) is 0 Å². The summed E-state index contributed by atoms with van der Waals surface area (Å²) in [5.41, 5.74) is 1.62. The maximum Gasteiger partial charge on any atom is 0.305 e. The molecule has 1 aromatic carbocycles. The van der Waals surface area contributed by atoms with E-state index in [9.17, 15) is 9.59 Å². The van der Waals surface area contributed by atoms with Gasteiger partial charge in [0.25, 0.3) is 5.91 Å². The summed E-state index contributed by atoms with van der Waals surface area (Å²) in [6.07, 6.45) is -0.0525. The Kier molecular flexibility index (Phi) is 5.54. The molecule has 1 aromatic rings. The van der Waals surface area contributed by atoms with E-state index in [-0.39, 0.29) is 18.4 Å². The first-order chi connectivity index (χ1) is 8.86. The number of carbonyl (C=O) groups is 2. The molecule has 0 fully saturated rings. The lowest BCUT2D eigenvalue weighted by molar-refractivity contribution is -0.138. The number of aliphatic carboxylic acids is 1. The van der Waals surface area contributed by atoms with Crippen molar-refractivity contribution in [3.63, 3.8) is 0 Å². The van der Waals surface area contributed by atoms with Crippen LogP contribution in [-0.2, 0) is 4.79 Å². The molecule has 104 valence electrons. The molecule has 1 amide bonds. The highest BCUT2D eigenvalue weighted by atomic mass is 79.9. The number of amides is 1. The maximum absolute atomic E-state index is 12.4. The van der Waals surface area contributed by atoms with E-state index in [2.05, 4.69) is 15.9 Å². The largest absolute Gasteiger partial charge is 0.481 e. The molecular weight excluding hydrogens is 310 g/mol. The Morgan fingerprint density at radius 2 is 2.05 bits per heavy atom. The number of halogens is 1. The molecule has 0 bridgehead atoms. The van der Waals surface area contributed by atoms with E-state index in [1.165, 1.54) is 0 Å². The fourth-order valence-electron chi connectivity index (χ4n) is 1.97. The molecule has 1 rings (SSSR count). The number of nitrogens with zero attached hydrogens (tertiary/aromatic N) is 1. The Morgan fingerprint density at radius 1 is 1.42 bits per heavy atom. The molecule has 19 heavy (non-hydrogen) atoms. The first-order valence-electron chi connectivity index (χ1n) is 6.15. The van der Waals surface area contributed by atoms with Crippen molar-refractivity contribution in [2.45, 2.75) is 33.2 Å². The van der Waals surface area contributed by atoms with Gasteiger partial charge in [0.15, 0.2) is 0 Å². The highest BCUT2D eigenvalue weighted by Crippen LogP contribution is 2.21. The van der Waals surface area contributed by atoms with Gasteiger partial charge >= 0.3 is 5.97 Å². The van der Waals surface area contributed by atoms with Crippen LogP contribution in [0.5, 0.6) is 0 Å². The van der Waals surface area contributed by atoms with Crippen molar-refractivity contribution in [3.05, 3.63) is 33.8 Å². The molecule has 0 saturated carbocycles. The summed E-state index contributed by atoms with van der Waals surface area (Å²) in [5, 5.41) is 8.82. The summed E-state index contributed by atoms with van der Waals surface area (Å²) in [6, 6.07) is 5.18. The van der Waals surface area contributed by atoms with E-state index >= 15 is 0 Å². The van der Waals surface area contributed by atoms with Gasteiger partial charge in [0.1, 0.15) is 0 Å². The molecule has 5 heteroatoms.